The number of amides is 1. The number of carbonyl (C=O) groups excluding carboxylic acids is 1. The predicted octanol–water partition coefficient (Wildman–Crippen LogP) is 2.38. The Balaban J connectivity index is 2.42. The van der Waals surface area contributed by atoms with E-state index < -0.39 is 17.9 Å². The van der Waals surface area contributed by atoms with E-state index in [1.165, 1.54) is 0 Å². The Morgan fingerprint density at radius 3 is 2.52 bits per heavy atom. The maximum atomic E-state index is 12.4. The van der Waals surface area contributed by atoms with Crippen molar-refractivity contribution in [2.45, 2.75) is 26.8 Å². The maximum Gasteiger partial charge on any atom is 0.326 e. The third kappa shape index (κ3) is 3.18. The molecular formula is C16H18N2O3. The van der Waals surface area contributed by atoms with Crippen molar-refractivity contribution in [3.8, 4) is 0 Å². The van der Waals surface area contributed by atoms with Crippen molar-refractivity contribution in [1.29, 1.82) is 0 Å². The van der Waals surface area contributed by atoms with Crippen molar-refractivity contribution in [1.82, 2.24) is 10.3 Å². The molecule has 0 aliphatic carbocycles. The summed E-state index contributed by atoms with van der Waals surface area (Å²) < 4.78 is 0. The van der Waals surface area contributed by atoms with Gasteiger partial charge in [0.2, 0.25) is 0 Å². The Hall–Kier alpha value is -2.43. The Morgan fingerprint density at radius 2 is 1.90 bits per heavy atom. The number of aliphatic carboxylic acids is 1. The average molecular weight is 286 g/mol. The van der Waals surface area contributed by atoms with Crippen LogP contribution in [-0.4, -0.2) is 28.0 Å². The van der Waals surface area contributed by atoms with E-state index in [-0.39, 0.29) is 5.92 Å². The van der Waals surface area contributed by atoms with Gasteiger partial charge in [-0.15, -0.1) is 0 Å². The lowest BCUT2D eigenvalue weighted by atomic mass is 10.0. The molecule has 2 rings (SSSR count). The number of benzene rings is 1. The van der Waals surface area contributed by atoms with Crippen LogP contribution in [-0.2, 0) is 4.79 Å². The van der Waals surface area contributed by atoms with Gasteiger partial charge in [-0.25, -0.2) is 4.79 Å². The fourth-order valence-corrected chi connectivity index (χ4v) is 2.23. The van der Waals surface area contributed by atoms with Crippen LogP contribution in [0.5, 0.6) is 0 Å². The minimum absolute atomic E-state index is 0.194. The molecular weight excluding hydrogens is 268 g/mol. The van der Waals surface area contributed by atoms with Crippen LogP contribution in [0.4, 0.5) is 0 Å². The van der Waals surface area contributed by atoms with Crippen LogP contribution in [0.1, 0.15) is 29.9 Å². The van der Waals surface area contributed by atoms with E-state index in [0.29, 0.717) is 10.9 Å². The summed E-state index contributed by atoms with van der Waals surface area (Å²) in [6.07, 6.45) is 0. The number of aryl methyl sites for hydroxylation is 1. The first kappa shape index (κ1) is 15.0. The van der Waals surface area contributed by atoms with Crippen LogP contribution in [0.15, 0.2) is 30.3 Å². The van der Waals surface area contributed by atoms with Crippen LogP contribution in [0, 0.1) is 12.8 Å². The molecule has 1 atom stereocenters. The minimum atomic E-state index is -1.03. The molecule has 0 aliphatic heterocycles. The fourth-order valence-electron chi connectivity index (χ4n) is 2.23. The van der Waals surface area contributed by atoms with Crippen molar-refractivity contribution in [3.05, 3.63) is 41.6 Å². The van der Waals surface area contributed by atoms with Gasteiger partial charge < -0.3 is 10.4 Å². The van der Waals surface area contributed by atoms with Gasteiger partial charge in [0, 0.05) is 11.1 Å². The Labute approximate surface area is 123 Å². The lowest BCUT2D eigenvalue weighted by Crippen LogP contribution is -2.44. The number of aromatic nitrogens is 1. The molecule has 5 nitrogen and oxygen atoms in total. The average Bonchev–Trinajstić information content (AvgIpc) is 2.42. The molecule has 0 unspecified atom stereocenters. The van der Waals surface area contributed by atoms with Crippen molar-refractivity contribution in [2.24, 2.45) is 5.92 Å². The molecule has 1 amide bonds. The third-order valence-corrected chi connectivity index (χ3v) is 3.31. The van der Waals surface area contributed by atoms with Gasteiger partial charge in [-0.2, -0.15) is 0 Å². The first-order chi connectivity index (χ1) is 9.90. The lowest BCUT2D eigenvalue weighted by Gasteiger charge is -2.18. The van der Waals surface area contributed by atoms with E-state index in [1.807, 2.05) is 24.3 Å². The van der Waals surface area contributed by atoms with E-state index in [4.69, 9.17) is 0 Å². The highest BCUT2D eigenvalue weighted by Gasteiger charge is 2.24. The van der Waals surface area contributed by atoms with E-state index in [0.717, 1.165) is 11.2 Å². The van der Waals surface area contributed by atoms with E-state index in [9.17, 15) is 14.7 Å². The van der Waals surface area contributed by atoms with Gasteiger partial charge in [0.15, 0.2) is 0 Å². The molecule has 110 valence electrons. The van der Waals surface area contributed by atoms with Crippen LogP contribution in [0.2, 0.25) is 0 Å². The monoisotopic (exact) mass is 286 g/mol. The number of pyridine rings is 1. The molecule has 2 aromatic rings. The number of nitrogens with zero attached hydrogens (tertiary/aromatic N) is 1. The maximum absolute atomic E-state index is 12.4. The Kier molecular flexibility index (Phi) is 4.21. The van der Waals surface area contributed by atoms with Gasteiger partial charge >= 0.3 is 5.97 Å². The number of hydrogen-bond acceptors (Lipinski definition) is 3. The van der Waals surface area contributed by atoms with Gasteiger partial charge in [0.1, 0.15) is 6.04 Å². The van der Waals surface area contributed by atoms with Crippen molar-refractivity contribution in [2.75, 3.05) is 0 Å². The number of nitrogens with one attached hydrogen (secondary N) is 1. The molecule has 2 N–H and O–H groups in total. The van der Waals surface area contributed by atoms with Gasteiger partial charge in [-0.3, -0.25) is 9.78 Å². The third-order valence-electron chi connectivity index (χ3n) is 3.31. The molecule has 21 heavy (non-hydrogen) atoms. The van der Waals surface area contributed by atoms with Crippen LogP contribution in [0.3, 0.4) is 0 Å². The van der Waals surface area contributed by atoms with E-state index in [2.05, 4.69) is 10.3 Å². The number of hydrogen-bond donors (Lipinski definition) is 2. The summed E-state index contributed by atoms with van der Waals surface area (Å²) in [6, 6.07) is 8.08. The molecule has 0 fully saturated rings. The smallest absolute Gasteiger partial charge is 0.326 e. The fraction of sp³-hybridized carbons (Fsp3) is 0.312. The summed E-state index contributed by atoms with van der Waals surface area (Å²) in [7, 11) is 0. The summed E-state index contributed by atoms with van der Waals surface area (Å²) in [5.41, 5.74) is 1.89. The zero-order chi connectivity index (χ0) is 15.6. The Morgan fingerprint density at radius 1 is 1.24 bits per heavy atom. The second-order valence-corrected chi connectivity index (χ2v) is 5.36. The molecule has 1 aromatic carbocycles. The van der Waals surface area contributed by atoms with Crippen LogP contribution in [0.25, 0.3) is 10.9 Å². The molecule has 0 radical (unpaired) electrons. The van der Waals surface area contributed by atoms with Crippen LogP contribution < -0.4 is 5.32 Å². The summed E-state index contributed by atoms with van der Waals surface area (Å²) in [6.45, 7) is 5.32. The summed E-state index contributed by atoms with van der Waals surface area (Å²) >= 11 is 0. The standard InChI is InChI=1S/C16H18N2O3/c1-9(2)14(16(20)21)18-15(19)12-8-10(3)17-13-7-5-4-6-11(12)13/h4-9,14H,1-3H3,(H,18,19)(H,20,21)/t14-/m0/s1. The van der Waals surface area contributed by atoms with Gasteiger partial charge in [0.25, 0.3) is 5.91 Å². The van der Waals surface area contributed by atoms with Crippen molar-refractivity contribution < 1.29 is 14.7 Å². The van der Waals surface area contributed by atoms with Crippen molar-refractivity contribution >= 4 is 22.8 Å². The zero-order valence-corrected chi connectivity index (χ0v) is 12.3. The molecule has 0 saturated heterocycles. The molecule has 0 aliphatic rings. The number of carbonyl (C=O) groups is 2. The summed E-state index contributed by atoms with van der Waals surface area (Å²) in [5, 5.41) is 12.5. The number of carboxylic acid groups (broad SMARTS) is 1. The molecule has 5 heteroatoms. The van der Waals surface area contributed by atoms with Crippen molar-refractivity contribution in [3.63, 3.8) is 0 Å². The molecule has 0 bridgehead atoms. The molecule has 1 heterocycles. The van der Waals surface area contributed by atoms with Gasteiger partial charge in [0.05, 0.1) is 11.1 Å². The summed E-state index contributed by atoms with van der Waals surface area (Å²) in [5.74, 6) is -1.62. The van der Waals surface area contributed by atoms with Gasteiger partial charge in [-0.05, 0) is 25.0 Å². The molecule has 0 saturated carbocycles. The lowest BCUT2D eigenvalue weighted by molar-refractivity contribution is -0.140. The first-order valence-electron chi connectivity index (χ1n) is 6.80. The SMILES string of the molecule is Cc1cc(C(=O)N[C@H](C(=O)O)C(C)C)c2ccccc2n1. The minimum Gasteiger partial charge on any atom is -0.480 e. The number of rotatable bonds is 4. The predicted molar refractivity (Wildman–Crippen MR) is 80.2 cm³/mol. The molecule has 0 spiro atoms. The highest BCUT2D eigenvalue weighted by Crippen LogP contribution is 2.18. The first-order valence-corrected chi connectivity index (χ1v) is 6.80. The number of carboxylic acids is 1. The normalized spacial score (nSPS) is 12.4. The molecule has 1 aromatic heterocycles. The van der Waals surface area contributed by atoms with E-state index >= 15 is 0 Å². The number of fused-ring (bicyclic) bond motifs is 1. The largest absolute Gasteiger partial charge is 0.480 e. The Bertz CT molecular complexity index is 695. The zero-order valence-electron chi connectivity index (χ0n) is 12.3. The quantitative estimate of drug-likeness (QED) is 0.904. The topological polar surface area (TPSA) is 79.3 Å². The highest BCUT2D eigenvalue weighted by atomic mass is 16.4. The second-order valence-electron chi connectivity index (χ2n) is 5.36. The van der Waals surface area contributed by atoms with Crippen LogP contribution >= 0.6 is 0 Å². The van der Waals surface area contributed by atoms with Gasteiger partial charge in [-0.1, -0.05) is 32.0 Å². The number of para-hydroxylation sites is 1. The van der Waals surface area contributed by atoms with E-state index in [1.54, 1.807) is 26.8 Å². The second kappa shape index (κ2) is 5.91. The summed E-state index contributed by atoms with van der Waals surface area (Å²) in [4.78, 5) is 28.0. The highest BCUT2D eigenvalue weighted by molar-refractivity contribution is 6.07.